The first-order valence-electron chi connectivity index (χ1n) is 14.3. The number of benzene rings is 3. The molecule has 0 saturated heterocycles. The van der Waals surface area contributed by atoms with Crippen molar-refractivity contribution in [1.29, 1.82) is 0 Å². The Hall–Kier alpha value is -4.54. The highest BCUT2D eigenvalue weighted by Gasteiger charge is 2.41. The minimum Gasteiger partial charge on any atom is -0.741 e. The molecule has 45 heavy (non-hydrogen) atoms. The third-order valence-corrected chi connectivity index (χ3v) is 8.74. The van der Waals surface area contributed by atoms with Crippen molar-refractivity contribution in [2.45, 2.75) is 38.2 Å². The molecule has 1 unspecified atom stereocenters. The van der Waals surface area contributed by atoms with Crippen LogP contribution in [0.3, 0.4) is 0 Å². The van der Waals surface area contributed by atoms with E-state index in [0.29, 0.717) is 6.04 Å². The molecule has 0 aliphatic carbocycles. The lowest BCUT2D eigenvalue weighted by molar-refractivity contribution is -0.578. The molecular formula is C35H31F3N2O4S. The van der Waals surface area contributed by atoms with Crippen LogP contribution in [-0.4, -0.2) is 37.4 Å². The van der Waals surface area contributed by atoms with Gasteiger partial charge in [-0.2, -0.15) is 17.7 Å². The average Bonchev–Trinajstić information content (AvgIpc) is 3.31. The van der Waals surface area contributed by atoms with Gasteiger partial charge in [-0.3, -0.25) is 4.79 Å². The van der Waals surface area contributed by atoms with Crippen LogP contribution in [0.5, 0.6) is 0 Å². The van der Waals surface area contributed by atoms with Crippen molar-refractivity contribution in [2.75, 3.05) is 11.9 Å². The van der Waals surface area contributed by atoms with Crippen molar-refractivity contribution in [1.82, 2.24) is 0 Å². The number of ketones is 1. The Kier molecular flexibility index (Phi) is 8.82. The van der Waals surface area contributed by atoms with E-state index in [1.165, 1.54) is 23.2 Å². The van der Waals surface area contributed by atoms with Crippen LogP contribution in [0.15, 0.2) is 91.1 Å². The quantitative estimate of drug-likeness (QED) is 0.139. The fraction of sp³-hybridized carbons (Fsp3) is 0.200. The second-order valence-corrected chi connectivity index (χ2v) is 12.4. The number of anilines is 1. The standard InChI is InChI=1S/C34H31N2O.CHF3O3S/c1-23-14-17-29-22-25(16-19-30(29)35(23)3)15-18-26-20-21-36-32(24(26)2)34(37)31(27-10-6-4-7-11-27)33(36)28-12-8-5-9-13-28;2-1(3,4)8(5,6)7/h4-13,15-16,18-23H,14,17H2,1-3H3;(H,5,6,7)/q+1;/p-1. The predicted molar refractivity (Wildman–Crippen MR) is 168 cm³/mol. The van der Waals surface area contributed by atoms with Gasteiger partial charge in [0.15, 0.2) is 16.3 Å². The van der Waals surface area contributed by atoms with Crippen molar-refractivity contribution in [3.8, 4) is 0 Å². The SMILES string of the molecule is Cc1c(C=Cc2ccc3c(c2)CCC(C)N3C)cc[n+]2c1C(=O)C(c1ccccc1)=C2c1ccccc1.O=S(=O)([O-])C(F)(F)F. The van der Waals surface area contributed by atoms with Gasteiger partial charge >= 0.3 is 5.51 Å². The number of pyridine rings is 1. The molecule has 0 bridgehead atoms. The highest BCUT2D eigenvalue weighted by Crippen LogP contribution is 2.35. The highest BCUT2D eigenvalue weighted by atomic mass is 32.2. The third kappa shape index (κ3) is 6.48. The fourth-order valence-corrected chi connectivity index (χ4v) is 5.65. The van der Waals surface area contributed by atoms with Gasteiger partial charge in [0.25, 0.3) is 11.5 Å². The molecule has 2 aliphatic rings. The summed E-state index contributed by atoms with van der Waals surface area (Å²) in [4.78, 5) is 16.3. The van der Waals surface area contributed by atoms with Gasteiger partial charge in [0.2, 0.25) is 5.70 Å². The van der Waals surface area contributed by atoms with Gasteiger partial charge in [-0.1, -0.05) is 66.7 Å². The Morgan fingerprint density at radius 2 is 1.53 bits per heavy atom. The van der Waals surface area contributed by atoms with Crippen LogP contribution >= 0.6 is 0 Å². The maximum absolute atomic E-state index is 13.9. The zero-order valence-electron chi connectivity index (χ0n) is 24.9. The third-order valence-electron chi connectivity index (χ3n) is 8.18. The van der Waals surface area contributed by atoms with Crippen LogP contribution < -0.4 is 9.47 Å². The Labute approximate surface area is 260 Å². The summed E-state index contributed by atoms with van der Waals surface area (Å²) >= 11 is 0. The van der Waals surface area contributed by atoms with Crippen LogP contribution in [0.2, 0.25) is 0 Å². The second-order valence-electron chi connectivity index (χ2n) is 11.0. The van der Waals surface area contributed by atoms with E-state index >= 15 is 0 Å². The van der Waals surface area contributed by atoms with E-state index in [1.54, 1.807) is 0 Å². The maximum atomic E-state index is 13.9. The van der Waals surface area contributed by atoms with Gasteiger partial charge in [0, 0.05) is 36.0 Å². The van der Waals surface area contributed by atoms with E-state index in [4.69, 9.17) is 13.0 Å². The zero-order valence-corrected chi connectivity index (χ0v) is 25.7. The summed E-state index contributed by atoms with van der Waals surface area (Å²) in [7, 11) is -3.91. The van der Waals surface area contributed by atoms with Crippen molar-refractivity contribution < 1.29 is 35.5 Å². The smallest absolute Gasteiger partial charge is 0.485 e. The van der Waals surface area contributed by atoms with Gasteiger partial charge < -0.3 is 9.45 Å². The fourth-order valence-electron chi connectivity index (χ4n) is 5.65. The number of hydrogen-bond acceptors (Lipinski definition) is 5. The van der Waals surface area contributed by atoms with Crippen LogP contribution in [0.1, 0.15) is 57.2 Å². The molecule has 3 heterocycles. The Bertz CT molecular complexity index is 1920. The first-order valence-corrected chi connectivity index (χ1v) is 15.7. The van der Waals surface area contributed by atoms with Crippen molar-refractivity contribution >= 4 is 45.0 Å². The van der Waals surface area contributed by atoms with E-state index in [1.807, 2.05) is 54.7 Å². The molecule has 6 rings (SSSR count). The lowest BCUT2D eigenvalue weighted by Gasteiger charge is -2.34. The summed E-state index contributed by atoms with van der Waals surface area (Å²) in [6, 6.07) is 29.6. The van der Waals surface area contributed by atoms with Gasteiger partial charge in [0.05, 0.1) is 0 Å². The average molecular weight is 633 g/mol. The molecule has 0 N–H and O–H groups in total. The number of aromatic nitrogens is 1. The maximum Gasteiger partial charge on any atom is 0.485 e. The number of nitrogens with zero attached hydrogens (tertiary/aromatic N) is 2. The number of carbonyl (C=O) groups excluding carboxylic acids is 1. The number of rotatable bonds is 4. The lowest BCUT2D eigenvalue weighted by atomic mass is 9.95. The topological polar surface area (TPSA) is 81.4 Å². The summed E-state index contributed by atoms with van der Waals surface area (Å²) in [6.45, 7) is 4.34. The number of fused-ring (bicyclic) bond motifs is 2. The molecule has 0 spiro atoms. The number of alkyl halides is 3. The van der Waals surface area contributed by atoms with E-state index < -0.39 is 15.6 Å². The molecule has 1 atom stereocenters. The first kappa shape index (κ1) is 31.9. The van der Waals surface area contributed by atoms with Crippen molar-refractivity contribution in [3.05, 3.63) is 130 Å². The lowest BCUT2D eigenvalue weighted by Crippen LogP contribution is -2.35. The van der Waals surface area contributed by atoms with Crippen LogP contribution in [0, 0.1) is 6.92 Å². The van der Waals surface area contributed by atoms with Crippen molar-refractivity contribution in [3.63, 3.8) is 0 Å². The van der Waals surface area contributed by atoms with Crippen molar-refractivity contribution in [2.24, 2.45) is 0 Å². The van der Waals surface area contributed by atoms with Gasteiger partial charge in [-0.05, 0) is 73.2 Å². The number of hydrogen-bond donors (Lipinski definition) is 0. The van der Waals surface area contributed by atoms with E-state index in [9.17, 15) is 18.0 Å². The molecule has 6 nitrogen and oxygen atoms in total. The van der Waals surface area contributed by atoms with Crippen LogP contribution in [0.25, 0.3) is 23.4 Å². The zero-order chi connectivity index (χ0) is 32.5. The molecule has 232 valence electrons. The molecule has 10 heteroatoms. The Balaban J connectivity index is 0.000000444. The first-order chi connectivity index (χ1) is 21.3. The molecule has 0 fully saturated rings. The second kappa shape index (κ2) is 12.5. The van der Waals surface area contributed by atoms with Crippen LogP contribution in [0.4, 0.5) is 18.9 Å². The van der Waals surface area contributed by atoms with Gasteiger partial charge in [-0.15, -0.1) is 0 Å². The summed E-state index contributed by atoms with van der Waals surface area (Å²) in [5.74, 6) is 0.0729. The number of halogens is 3. The number of allylic oxidation sites excluding steroid dienone is 1. The Morgan fingerprint density at radius 3 is 2.13 bits per heavy atom. The monoisotopic (exact) mass is 632 g/mol. The summed E-state index contributed by atoms with van der Waals surface area (Å²) < 4.78 is 61.0. The molecule has 4 aromatic rings. The minimum atomic E-state index is -6.09. The molecular weight excluding hydrogens is 601 g/mol. The molecule has 0 saturated carbocycles. The molecule has 3 aromatic carbocycles. The minimum absolute atomic E-state index is 0.0729. The van der Waals surface area contributed by atoms with E-state index in [2.05, 4.69) is 78.9 Å². The van der Waals surface area contributed by atoms with E-state index in [0.717, 1.165) is 45.6 Å². The molecule has 0 amide bonds. The number of aryl methyl sites for hydroxylation is 1. The highest BCUT2D eigenvalue weighted by molar-refractivity contribution is 7.86. The molecule has 2 aliphatic heterocycles. The largest absolute Gasteiger partial charge is 0.741 e. The Morgan fingerprint density at radius 1 is 0.933 bits per heavy atom. The summed E-state index contributed by atoms with van der Waals surface area (Å²) in [5, 5.41) is 0. The van der Waals surface area contributed by atoms with E-state index in [-0.39, 0.29) is 5.78 Å². The molecule has 0 radical (unpaired) electrons. The summed E-state index contributed by atoms with van der Waals surface area (Å²) in [5.41, 5.74) is 4.75. The predicted octanol–water partition coefficient (Wildman–Crippen LogP) is 6.89. The van der Waals surface area contributed by atoms with Gasteiger partial charge in [-0.25, -0.2) is 8.42 Å². The number of carbonyl (C=O) groups is 1. The normalized spacial score (nSPS) is 16.4. The van der Waals surface area contributed by atoms with Crippen LogP contribution in [-0.2, 0) is 16.5 Å². The molecule has 1 aromatic heterocycles. The number of Topliss-reactive ketones (excluding diaryl/α,β-unsaturated/α-hetero) is 1. The summed E-state index contributed by atoms with van der Waals surface area (Å²) in [6.07, 6.45) is 8.65. The van der Waals surface area contributed by atoms with Gasteiger partial charge in [0.1, 0.15) is 5.57 Å².